The zero-order chi connectivity index (χ0) is 17.9. The Balaban J connectivity index is 2.42. The number of carbonyl (C=O) groups is 1. The van der Waals surface area contributed by atoms with E-state index in [1.807, 2.05) is 0 Å². The van der Waals surface area contributed by atoms with Crippen LogP contribution >= 0.6 is 11.6 Å². The third kappa shape index (κ3) is 3.70. The van der Waals surface area contributed by atoms with Crippen molar-refractivity contribution in [3.8, 4) is 0 Å². The van der Waals surface area contributed by atoms with Gasteiger partial charge in [0.15, 0.2) is 17.3 Å². The molecule has 1 N–H and O–H groups in total. The van der Waals surface area contributed by atoms with Crippen LogP contribution in [0.2, 0.25) is 5.15 Å². The molecule has 2 aromatic rings. The molecule has 1 heterocycles. The van der Waals surface area contributed by atoms with Gasteiger partial charge < -0.3 is 9.84 Å². The van der Waals surface area contributed by atoms with E-state index in [1.165, 1.54) is 0 Å². The first-order valence-electron chi connectivity index (χ1n) is 7.05. The summed E-state index contributed by atoms with van der Waals surface area (Å²) in [4.78, 5) is 11.9. The Labute approximate surface area is 140 Å². The van der Waals surface area contributed by atoms with Crippen LogP contribution in [0.1, 0.15) is 28.5 Å². The van der Waals surface area contributed by atoms with Crippen LogP contribution in [0, 0.1) is 17.5 Å². The number of carbonyl (C=O) groups excluding carboxylic acids is 1. The highest BCUT2D eigenvalue weighted by molar-refractivity contribution is 6.30. The van der Waals surface area contributed by atoms with E-state index in [9.17, 15) is 18.0 Å². The molecule has 0 unspecified atom stereocenters. The zero-order valence-corrected chi connectivity index (χ0v) is 13.4. The lowest BCUT2D eigenvalue weighted by Crippen LogP contribution is -2.10. The lowest BCUT2D eigenvalue weighted by Gasteiger charge is -2.06. The maximum atomic E-state index is 13.8. The normalized spacial score (nSPS) is 10.9. The van der Waals surface area contributed by atoms with Crippen LogP contribution in [0.15, 0.2) is 12.1 Å². The van der Waals surface area contributed by atoms with Crippen molar-refractivity contribution < 1.29 is 27.8 Å². The van der Waals surface area contributed by atoms with Gasteiger partial charge in [-0.25, -0.2) is 22.6 Å². The molecule has 130 valence electrons. The Kier molecular flexibility index (Phi) is 5.84. The predicted octanol–water partition coefficient (Wildman–Crippen LogP) is 2.71. The van der Waals surface area contributed by atoms with E-state index in [0.29, 0.717) is 12.1 Å². The van der Waals surface area contributed by atoms with Gasteiger partial charge in [-0.3, -0.25) is 0 Å². The minimum atomic E-state index is -1.31. The van der Waals surface area contributed by atoms with Gasteiger partial charge in [0.1, 0.15) is 11.0 Å². The summed E-state index contributed by atoms with van der Waals surface area (Å²) >= 11 is 6.12. The number of benzene rings is 1. The van der Waals surface area contributed by atoms with Crippen LogP contribution in [-0.2, 0) is 17.7 Å². The molecule has 0 spiro atoms. The standard InChI is InChI=1S/C15H14ClF3N2O3/c1-2-24-15(23)13-9(3-4-22)14(16)21(20-13)7-8-5-11(18)12(19)6-10(8)17/h5-6,22H,2-4,7H2,1H3. The lowest BCUT2D eigenvalue weighted by atomic mass is 10.2. The molecule has 0 amide bonds. The number of esters is 1. The minimum Gasteiger partial charge on any atom is -0.461 e. The molecule has 0 aliphatic heterocycles. The van der Waals surface area contributed by atoms with Gasteiger partial charge in [-0.1, -0.05) is 11.6 Å². The number of ether oxygens (including phenoxy) is 1. The molecule has 0 aliphatic carbocycles. The molecule has 9 heteroatoms. The van der Waals surface area contributed by atoms with E-state index in [0.717, 1.165) is 4.68 Å². The Hall–Kier alpha value is -2.06. The van der Waals surface area contributed by atoms with Gasteiger partial charge in [-0.15, -0.1) is 0 Å². The lowest BCUT2D eigenvalue weighted by molar-refractivity contribution is 0.0517. The largest absolute Gasteiger partial charge is 0.461 e. The Bertz CT molecular complexity index is 765. The van der Waals surface area contributed by atoms with E-state index in [4.69, 9.17) is 21.4 Å². The highest BCUT2D eigenvalue weighted by atomic mass is 35.5. The Morgan fingerprint density at radius 1 is 1.29 bits per heavy atom. The molecule has 2 rings (SSSR count). The van der Waals surface area contributed by atoms with Crippen LogP contribution in [0.3, 0.4) is 0 Å². The van der Waals surface area contributed by atoms with E-state index in [1.54, 1.807) is 6.92 Å². The molecule has 1 aromatic carbocycles. The van der Waals surface area contributed by atoms with Crippen molar-refractivity contribution in [3.63, 3.8) is 0 Å². The molecule has 0 saturated heterocycles. The molecule has 0 aliphatic rings. The number of hydrogen-bond acceptors (Lipinski definition) is 4. The summed E-state index contributed by atoms with van der Waals surface area (Å²) in [6.07, 6.45) is 0.0350. The van der Waals surface area contributed by atoms with Crippen molar-refractivity contribution in [2.45, 2.75) is 19.9 Å². The smallest absolute Gasteiger partial charge is 0.359 e. The number of aliphatic hydroxyl groups excluding tert-OH is 1. The molecule has 0 saturated carbocycles. The molecule has 0 bridgehead atoms. The first kappa shape index (κ1) is 18.3. The summed E-state index contributed by atoms with van der Waals surface area (Å²) in [6.45, 7) is 1.11. The van der Waals surface area contributed by atoms with Gasteiger partial charge in [-0.05, 0) is 13.0 Å². The summed E-state index contributed by atoms with van der Waals surface area (Å²) in [7, 11) is 0. The first-order valence-corrected chi connectivity index (χ1v) is 7.43. The average molecular weight is 363 g/mol. The summed E-state index contributed by atoms with van der Waals surface area (Å²) in [6, 6.07) is 1.11. The van der Waals surface area contributed by atoms with Crippen molar-refractivity contribution >= 4 is 17.6 Å². The number of halogens is 4. The molecular formula is C15H14ClF3N2O3. The monoisotopic (exact) mass is 362 g/mol. The van der Waals surface area contributed by atoms with E-state index < -0.39 is 23.4 Å². The van der Waals surface area contributed by atoms with Crippen LogP contribution in [0.25, 0.3) is 0 Å². The molecule has 0 fully saturated rings. The maximum Gasteiger partial charge on any atom is 0.359 e. The molecule has 0 radical (unpaired) electrons. The van der Waals surface area contributed by atoms with Crippen molar-refractivity contribution in [1.82, 2.24) is 9.78 Å². The van der Waals surface area contributed by atoms with Crippen LogP contribution in [-0.4, -0.2) is 34.1 Å². The fraction of sp³-hybridized carbons (Fsp3) is 0.333. The summed E-state index contributed by atoms with van der Waals surface area (Å²) < 4.78 is 45.9. The topological polar surface area (TPSA) is 64.3 Å². The number of hydrogen-bond donors (Lipinski definition) is 1. The van der Waals surface area contributed by atoms with Crippen LogP contribution < -0.4 is 0 Å². The highest BCUT2D eigenvalue weighted by Gasteiger charge is 2.23. The predicted molar refractivity (Wildman–Crippen MR) is 79.4 cm³/mol. The van der Waals surface area contributed by atoms with Gasteiger partial charge in [0.25, 0.3) is 0 Å². The van der Waals surface area contributed by atoms with Crippen molar-refractivity contribution in [2.75, 3.05) is 13.2 Å². The zero-order valence-electron chi connectivity index (χ0n) is 12.7. The van der Waals surface area contributed by atoms with Gasteiger partial charge in [0.2, 0.25) is 0 Å². The second-order valence-corrected chi connectivity index (χ2v) is 5.19. The van der Waals surface area contributed by atoms with Crippen molar-refractivity contribution in [1.29, 1.82) is 0 Å². The highest BCUT2D eigenvalue weighted by Crippen LogP contribution is 2.24. The minimum absolute atomic E-state index is 0.0174. The third-order valence-electron chi connectivity index (χ3n) is 3.22. The quantitative estimate of drug-likeness (QED) is 0.634. The number of rotatable bonds is 6. The van der Waals surface area contributed by atoms with E-state index in [2.05, 4.69) is 5.10 Å². The first-order chi connectivity index (χ1) is 11.4. The van der Waals surface area contributed by atoms with Crippen LogP contribution in [0.4, 0.5) is 13.2 Å². The number of aliphatic hydroxyl groups is 1. The van der Waals surface area contributed by atoms with Gasteiger partial charge in [0, 0.05) is 30.2 Å². The fourth-order valence-corrected chi connectivity index (χ4v) is 2.41. The second-order valence-electron chi connectivity index (χ2n) is 4.83. The number of aromatic nitrogens is 2. The molecule has 0 atom stereocenters. The molecule has 24 heavy (non-hydrogen) atoms. The summed E-state index contributed by atoms with van der Waals surface area (Å²) in [5.41, 5.74) is -0.0660. The fourth-order valence-electron chi connectivity index (χ4n) is 2.13. The maximum absolute atomic E-state index is 13.8. The van der Waals surface area contributed by atoms with Crippen molar-refractivity contribution in [3.05, 3.63) is 51.6 Å². The van der Waals surface area contributed by atoms with Gasteiger partial charge >= 0.3 is 5.97 Å². The average Bonchev–Trinajstić information content (AvgIpc) is 2.83. The Morgan fingerprint density at radius 2 is 1.96 bits per heavy atom. The molecule has 1 aromatic heterocycles. The second kappa shape index (κ2) is 7.67. The van der Waals surface area contributed by atoms with E-state index in [-0.39, 0.29) is 48.2 Å². The van der Waals surface area contributed by atoms with Gasteiger partial charge in [-0.2, -0.15) is 5.10 Å². The summed E-state index contributed by atoms with van der Waals surface area (Å²) in [5, 5.41) is 13.0. The van der Waals surface area contributed by atoms with Gasteiger partial charge in [0.05, 0.1) is 13.2 Å². The van der Waals surface area contributed by atoms with Crippen LogP contribution in [0.5, 0.6) is 0 Å². The van der Waals surface area contributed by atoms with E-state index >= 15 is 0 Å². The third-order valence-corrected chi connectivity index (χ3v) is 3.65. The van der Waals surface area contributed by atoms with Crippen molar-refractivity contribution in [2.24, 2.45) is 0 Å². The molecule has 5 nitrogen and oxygen atoms in total. The SMILES string of the molecule is CCOC(=O)c1nn(Cc2cc(F)c(F)cc2F)c(Cl)c1CCO. The Morgan fingerprint density at radius 3 is 2.58 bits per heavy atom. The number of nitrogens with zero attached hydrogens (tertiary/aromatic N) is 2. The molecular weight excluding hydrogens is 349 g/mol. The summed E-state index contributed by atoms with van der Waals surface area (Å²) in [5.74, 6) is -4.24.